The number of anilines is 1. The third-order valence-corrected chi connectivity index (χ3v) is 2.31. The first kappa shape index (κ1) is 13.5. The van der Waals surface area contributed by atoms with Crippen LogP contribution in [-0.2, 0) is 0 Å². The molecule has 18 heavy (non-hydrogen) atoms. The van der Waals surface area contributed by atoms with Crippen molar-refractivity contribution in [3.8, 4) is 12.1 Å². The van der Waals surface area contributed by atoms with E-state index < -0.39 is 0 Å². The zero-order valence-corrected chi connectivity index (χ0v) is 10.1. The van der Waals surface area contributed by atoms with E-state index in [1.54, 1.807) is 36.4 Å². The molecule has 4 nitrogen and oxygen atoms in total. The van der Waals surface area contributed by atoms with Crippen molar-refractivity contribution in [2.75, 3.05) is 5.32 Å². The van der Waals surface area contributed by atoms with Gasteiger partial charge in [0.25, 0.3) is 0 Å². The molecule has 0 aliphatic rings. The molecule has 0 spiro atoms. The number of nitrogens with zero attached hydrogens (tertiary/aromatic N) is 2. The number of nitriles is 2. The Morgan fingerprint density at radius 1 is 1.28 bits per heavy atom. The number of nitrogens with one attached hydrogen (secondary N) is 1. The van der Waals surface area contributed by atoms with Gasteiger partial charge >= 0.3 is 0 Å². The van der Waals surface area contributed by atoms with Crippen molar-refractivity contribution in [1.29, 1.82) is 10.5 Å². The minimum atomic E-state index is 0.00105. The number of benzene rings is 1. The summed E-state index contributed by atoms with van der Waals surface area (Å²) >= 11 is 0. The number of ketones is 1. The maximum atomic E-state index is 11.6. The van der Waals surface area contributed by atoms with Gasteiger partial charge in [-0.25, -0.2) is 0 Å². The van der Waals surface area contributed by atoms with E-state index in [2.05, 4.69) is 5.32 Å². The molecule has 0 aliphatic heterocycles. The van der Waals surface area contributed by atoms with Crippen LogP contribution in [0.2, 0.25) is 0 Å². The second kappa shape index (κ2) is 6.88. The molecular weight excluding hydrogens is 226 g/mol. The van der Waals surface area contributed by atoms with Crippen molar-refractivity contribution in [1.82, 2.24) is 0 Å². The third kappa shape index (κ3) is 3.77. The zero-order chi connectivity index (χ0) is 13.4. The summed E-state index contributed by atoms with van der Waals surface area (Å²) in [5.74, 6) is 0.120. The highest BCUT2D eigenvalue weighted by atomic mass is 16.1. The Labute approximate surface area is 106 Å². The van der Waals surface area contributed by atoms with Gasteiger partial charge in [-0.05, 0) is 30.7 Å². The Morgan fingerprint density at radius 2 is 1.89 bits per heavy atom. The summed E-state index contributed by atoms with van der Waals surface area (Å²) in [6.07, 6.45) is 2.71. The van der Waals surface area contributed by atoms with Crippen molar-refractivity contribution < 1.29 is 4.79 Å². The maximum absolute atomic E-state index is 11.6. The number of rotatable bonds is 5. The molecule has 1 aromatic rings. The average molecular weight is 239 g/mol. The van der Waals surface area contributed by atoms with Crippen molar-refractivity contribution in [3.05, 3.63) is 41.6 Å². The van der Waals surface area contributed by atoms with E-state index in [0.717, 1.165) is 12.1 Å². The van der Waals surface area contributed by atoms with Crippen LogP contribution in [-0.4, -0.2) is 5.78 Å². The number of carbonyl (C=O) groups excluding carboxylic acids is 1. The summed E-state index contributed by atoms with van der Waals surface area (Å²) in [5.41, 5.74) is 1.40. The molecule has 0 saturated heterocycles. The number of allylic oxidation sites excluding steroid dienone is 1. The molecule has 0 atom stereocenters. The van der Waals surface area contributed by atoms with Gasteiger partial charge in [-0.15, -0.1) is 0 Å². The maximum Gasteiger partial charge on any atom is 0.162 e. The van der Waals surface area contributed by atoms with Crippen molar-refractivity contribution >= 4 is 11.5 Å². The number of Topliss-reactive ketones (excluding diaryl/α,β-unsaturated/α-hetero) is 1. The first-order valence-corrected chi connectivity index (χ1v) is 5.61. The molecule has 0 heterocycles. The first-order chi connectivity index (χ1) is 8.71. The molecule has 0 unspecified atom stereocenters. The van der Waals surface area contributed by atoms with E-state index in [-0.39, 0.29) is 11.4 Å². The summed E-state index contributed by atoms with van der Waals surface area (Å²) in [7, 11) is 0. The Morgan fingerprint density at radius 3 is 2.39 bits per heavy atom. The van der Waals surface area contributed by atoms with Crippen LogP contribution in [0, 0.1) is 22.7 Å². The summed E-state index contributed by atoms with van der Waals surface area (Å²) in [5, 5.41) is 19.9. The molecule has 0 bridgehead atoms. The van der Waals surface area contributed by atoms with Crippen molar-refractivity contribution in [3.63, 3.8) is 0 Å². The van der Waals surface area contributed by atoms with E-state index in [4.69, 9.17) is 10.5 Å². The Balaban J connectivity index is 2.73. The fourth-order valence-electron chi connectivity index (χ4n) is 1.37. The minimum absolute atomic E-state index is 0.00105. The Bertz CT molecular complexity index is 514. The monoisotopic (exact) mass is 239 g/mol. The molecular formula is C14H13N3O. The predicted molar refractivity (Wildman–Crippen MR) is 68.6 cm³/mol. The van der Waals surface area contributed by atoms with E-state index in [1.807, 2.05) is 6.92 Å². The smallest absolute Gasteiger partial charge is 0.162 e. The first-order valence-electron chi connectivity index (χ1n) is 5.61. The lowest BCUT2D eigenvalue weighted by atomic mass is 10.1. The zero-order valence-electron chi connectivity index (χ0n) is 10.1. The fraction of sp³-hybridized carbons (Fsp3) is 0.214. The van der Waals surface area contributed by atoms with E-state index in [0.29, 0.717) is 12.0 Å². The Hall–Kier alpha value is -2.59. The standard InChI is InChI=1S/C14H13N3O/c1-2-3-14(18)12-4-6-13(7-5-12)17-10-11(8-15)9-16/h4-7,10,17H,2-3H2,1H3. The second-order valence-electron chi connectivity index (χ2n) is 3.68. The second-order valence-corrected chi connectivity index (χ2v) is 3.68. The van der Waals surface area contributed by atoms with Crippen LogP contribution in [0.1, 0.15) is 30.1 Å². The number of hydrogen-bond acceptors (Lipinski definition) is 4. The van der Waals surface area contributed by atoms with Gasteiger partial charge in [-0.1, -0.05) is 6.92 Å². The van der Waals surface area contributed by atoms with E-state index in [1.165, 1.54) is 6.20 Å². The van der Waals surface area contributed by atoms with Gasteiger partial charge in [-0.2, -0.15) is 10.5 Å². The molecule has 1 N–H and O–H groups in total. The number of hydrogen-bond donors (Lipinski definition) is 1. The summed E-state index contributed by atoms with van der Waals surface area (Å²) in [6, 6.07) is 10.4. The SMILES string of the molecule is CCCC(=O)c1ccc(NC=C(C#N)C#N)cc1. The normalized spacial score (nSPS) is 8.83. The highest BCUT2D eigenvalue weighted by Gasteiger charge is 2.03. The molecule has 1 rings (SSSR count). The molecule has 4 heteroatoms. The minimum Gasteiger partial charge on any atom is -0.360 e. The van der Waals surface area contributed by atoms with Gasteiger partial charge in [0.15, 0.2) is 5.78 Å². The molecule has 90 valence electrons. The molecule has 0 aromatic heterocycles. The molecule has 0 saturated carbocycles. The van der Waals surface area contributed by atoms with E-state index >= 15 is 0 Å². The largest absolute Gasteiger partial charge is 0.360 e. The third-order valence-electron chi connectivity index (χ3n) is 2.31. The lowest BCUT2D eigenvalue weighted by molar-refractivity contribution is 0.0982. The van der Waals surface area contributed by atoms with Crippen LogP contribution in [0.5, 0.6) is 0 Å². The molecule has 1 aromatic carbocycles. The molecule has 0 aliphatic carbocycles. The lowest BCUT2D eigenvalue weighted by Gasteiger charge is -2.02. The highest BCUT2D eigenvalue weighted by Crippen LogP contribution is 2.12. The van der Waals surface area contributed by atoms with Crippen LogP contribution in [0.3, 0.4) is 0 Å². The van der Waals surface area contributed by atoms with Crippen molar-refractivity contribution in [2.24, 2.45) is 0 Å². The quantitative estimate of drug-likeness (QED) is 0.633. The highest BCUT2D eigenvalue weighted by molar-refractivity contribution is 5.96. The topological polar surface area (TPSA) is 76.7 Å². The van der Waals surface area contributed by atoms with Gasteiger partial charge in [0, 0.05) is 23.9 Å². The van der Waals surface area contributed by atoms with Crippen LogP contribution >= 0.6 is 0 Å². The van der Waals surface area contributed by atoms with Gasteiger partial charge in [0.05, 0.1) is 0 Å². The van der Waals surface area contributed by atoms with Crippen LogP contribution in [0.4, 0.5) is 5.69 Å². The van der Waals surface area contributed by atoms with Crippen LogP contribution in [0.25, 0.3) is 0 Å². The average Bonchev–Trinajstić information content (AvgIpc) is 2.41. The Kier molecular flexibility index (Phi) is 5.15. The number of carbonyl (C=O) groups is 1. The summed E-state index contributed by atoms with van der Waals surface area (Å²) in [6.45, 7) is 1.96. The van der Waals surface area contributed by atoms with Crippen molar-refractivity contribution in [2.45, 2.75) is 19.8 Å². The van der Waals surface area contributed by atoms with Gasteiger partial charge in [-0.3, -0.25) is 4.79 Å². The van der Waals surface area contributed by atoms with Crippen LogP contribution < -0.4 is 5.32 Å². The van der Waals surface area contributed by atoms with Gasteiger partial charge < -0.3 is 5.32 Å². The van der Waals surface area contributed by atoms with Crippen LogP contribution in [0.15, 0.2) is 36.0 Å². The molecule has 0 fully saturated rings. The van der Waals surface area contributed by atoms with Gasteiger partial charge in [0.1, 0.15) is 17.7 Å². The van der Waals surface area contributed by atoms with Gasteiger partial charge in [0.2, 0.25) is 0 Å². The summed E-state index contributed by atoms with van der Waals surface area (Å²) in [4.78, 5) is 11.6. The lowest BCUT2D eigenvalue weighted by Crippen LogP contribution is -1.98. The predicted octanol–water partition coefficient (Wildman–Crippen LogP) is 3.01. The molecule has 0 radical (unpaired) electrons. The molecule has 0 amide bonds. The van der Waals surface area contributed by atoms with E-state index in [9.17, 15) is 4.79 Å². The summed E-state index contributed by atoms with van der Waals surface area (Å²) < 4.78 is 0. The fourth-order valence-corrected chi connectivity index (χ4v) is 1.37.